The van der Waals surface area contributed by atoms with Crippen molar-refractivity contribution < 1.29 is 18.0 Å². The fourth-order valence-electron chi connectivity index (χ4n) is 4.29. The number of hydrogen-bond acceptors (Lipinski definition) is 4. The Hall–Kier alpha value is -3.43. The molecule has 0 saturated heterocycles. The molecule has 2 heterocycles. The second kappa shape index (κ2) is 8.41. The van der Waals surface area contributed by atoms with Gasteiger partial charge in [0.05, 0.1) is 29.0 Å². The average molecular weight is 473 g/mol. The number of aromatic nitrogens is 4. The van der Waals surface area contributed by atoms with Gasteiger partial charge in [-0.15, -0.1) is 0 Å². The Morgan fingerprint density at radius 3 is 2.59 bits per heavy atom. The number of benzene rings is 1. The molecule has 1 N–H and O–H groups in total. The molecular weight excluding hydrogens is 447 g/mol. The van der Waals surface area contributed by atoms with Crippen LogP contribution in [0.2, 0.25) is 0 Å². The van der Waals surface area contributed by atoms with Gasteiger partial charge in [0, 0.05) is 23.0 Å². The molecule has 0 spiro atoms. The van der Waals surface area contributed by atoms with Crippen LogP contribution in [0.1, 0.15) is 72.7 Å². The van der Waals surface area contributed by atoms with E-state index >= 15 is 0 Å². The summed E-state index contributed by atoms with van der Waals surface area (Å²) in [6, 6.07) is 5.44. The van der Waals surface area contributed by atoms with Crippen LogP contribution in [0, 0.1) is 6.92 Å². The van der Waals surface area contributed by atoms with E-state index in [9.17, 15) is 22.8 Å². The Labute approximate surface area is 194 Å². The molecule has 1 aliphatic carbocycles. The van der Waals surface area contributed by atoms with E-state index in [-0.39, 0.29) is 23.0 Å². The van der Waals surface area contributed by atoms with Gasteiger partial charge in [-0.1, -0.05) is 6.07 Å². The van der Waals surface area contributed by atoms with Gasteiger partial charge in [-0.2, -0.15) is 23.4 Å². The van der Waals surface area contributed by atoms with Gasteiger partial charge in [0.15, 0.2) is 5.69 Å². The van der Waals surface area contributed by atoms with E-state index in [1.54, 1.807) is 13.1 Å². The van der Waals surface area contributed by atoms with Gasteiger partial charge < -0.3 is 5.32 Å². The minimum absolute atomic E-state index is 0.104. The lowest BCUT2D eigenvalue weighted by Crippen LogP contribution is -2.36. The van der Waals surface area contributed by atoms with Crippen LogP contribution in [-0.2, 0) is 18.1 Å². The monoisotopic (exact) mass is 473 g/mol. The highest BCUT2D eigenvalue weighted by Crippen LogP contribution is 2.33. The number of rotatable bonds is 3. The second-order valence-corrected chi connectivity index (χ2v) is 9.51. The van der Waals surface area contributed by atoms with Crippen LogP contribution in [-0.4, -0.2) is 25.5 Å². The molecule has 2 aromatic heterocycles. The molecule has 0 unspecified atom stereocenters. The largest absolute Gasteiger partial charge is 0.416 e. The molecule has 1 atom stereocenters. The summed E-state index contributed by atoms with van der Waals surface area (Å²) < 4.78 is 42.6. The third kappa shape index (κ3) is 4.49. The topological polar surface area (TPSA) is 81.8 Å². The van der Waals surface area contributed by atoms with Crippen LogP contribution in [0.15, 0.2) is 41.3 Å². The summed E-state index contributed by atoms with van der Waals surface area (Å²) in [5.74, 6) is -0.674. The number of alkyl halides is 3. The highest BCUT2D eigenvalue weighted by molar-refractivity contribution is 5.92. The van der Waals surface area contributed by atoms with Gasteiger partial charge in [-0.05, 0) is 65.2 Å². The highest BCUT2D eigenvalue weighted by atomic mass is 19.4. The van der Waals surface area contributed by atoms with E-state index in [4.69, 9.17) is 0 Å². The fraction of sp³-hybridized carbons (Fsp3) is 0.417. The molecule has 1 aromatic carbocycles. The van der Waals surface area contributed by atoms with Crippen LogP contribution in [0.3, 0.4) is 0 Å². The first-order valence-corrected chi connectivity index (χ1v) is 11.0. The molecule has 3 aromatic rings. The van der Waals surface area contributed by atoms with Gasteiger partial charge in [0.25, 0.3) is 5.91 Å². The molecule has 34 heavy (non-hydrogen) atoms. The molecule has 0 fully saturated rings. The van der Waals surface area contributed by atoms with Gasteiger partial charge >= 0.3 is 6.18 Å². The maximum atomic E-state index is 13.2. The molecule has 0 radical (unpaired) electrons. The Bertz CT molecular complexity index is 1300. The van der Waals surface area contributed by atoms with Crippen molar-refractivity contribution in [3.63, 3.8) is 0 Å². The van der Waals surface area contributed by atoms with Crippen molar-refractivity contribution >= 4 is 5.91 Å². The van der Waals surface area contributed by atoms with Crippen LogP contribution in [0.25, 0.3) is 5.69 Å². The summed E-state index contributed by atoms with van der Waals surface area (Å²) in [6.07, 6.45) is -0.421. The van der Waals surface area contributed by atoms with E-state index in [0.717, 1.165) is 36.2 Å². The predicted octanol–water partition coefficient (Wildman–Crippen LogP) is 4.32. The average Bonchev–Trinajstić information content (AvgIpc) is 3.19. The maximum absolute atomic E-state index is 13.2. The number of fused-ring (bicyclic) bond motifs is 1. The first kappa shape index (κ1) is 23.7. The number of nitrogens with one attached hydrogen (secondary N) is 1. The van der Waals surface area contributed by atoms with Crippen molar-refractivity contribution in [3.8, 4) is 5.69 Å². The fourth-order valence-corrected chi connectivity index (χ4v) is 4.29. The third-order valence-corrected chi connectivity index (χ3v) is 5.86. The normalized spacial score (nSPS) is 16.3. The minimum atomic E-state index is -4.53. The summed E-state index contributed by atoms with van der Waals surface area (Å²) in [5.41, 5.74) is 0.332. The summed E-state index contributed by atoms with van der Waals surface area (Å²) >= 11 is 0. The number of aryl methyl sites for hydroxylation is 1. The number of amides is 1. The van der Waals surface area contributed by atoms with Gasteiger partial charge in [0.2, 0.25) is 5.43 Å². The van der Waals surface area contributed by atoms with E-state index in [0.29, 0.717) is 12.1 Å². The summed E-state index contributed by atoms with van der Waals surface area (Å²) in [4.78, 5) is 25.7. The Morgan fingerprint density at radius 2 is 1.91 bits per heavy atom. The number of nitrogens with zero attached hydrogens (tertiary/aromatic N) is 4. The summed E-state index contributed by atoms with van der Waals surface area (Å²) in [6.45, 7) is 7.70. The number of halogens is 3. The van der Waals surface area contributed by atoms with Crippen LogP contribution in [0.5, 0.6) is 0 Å². The smallest absolute Gasteiger partial charge is 0.344 e. The first-order chi connectivity index (χ1) is 15.9. The second-order valence-electron chi connectivity index (χ2n) is 9.51. The van der Waals surface area contributed by atoms with Gasteiger partial charge in [0.1, 0.15) is 0 Å². The van der Waals surface area contributed by atoms with E-state index in [1.807, 2.05) is 4.68 Å². The van der Waals surface area contributed by atoms with Crippen LogP contribution < -0.4 is 10.7 Å². The zero-order valence-corrected chi connectivity index (χ0v) is 19.4. The molecule has 1 amide bonds. The Balaban J connectivity index is 1.66. The Morgan fingerprint density at radius 1 is 1.18 bits per heavy atom. The van der Waals surface area contributed by atoms with Crippen molar-refractivity contribution in [2.45, 2.75) is 64.7 Å². The molecule has 10 heteroatoms. The van der Waals surface area contributed by atoms with Crippen molar-refractivity contribution in [1.29, 1.82) is 0 Å². The van der Waals surface area contributed by atoms with Crippen molar-refractivity contribution in [3.05, 3.63) is 75.0 Å². The standard InChI is InChI=1S/C24H26F3N5O2/c1-14-11-20(33)21(30-31(14)16-8-5-7-15(12-16)24(25,26)27)22(34)29-18-9-6-10-19-17(18)13-28-32(19)23(2,3)4/h5,7-8,11-13,18H,6,9-10H2,1-4H3,(H,29,34)/t18-/m0/s1. The van der Waals surface area contributed by atoms with E-state index < -0.39 is 23.1 Å². The highest BCUT2D eigenvalue weighted by Gasteiger charge is 2.32. The first-order valence-electron chi connectivity index (χ1n) is 11.0. The summed E-state index contributed by atoms with van der Waals surface area (Å²) in [7, 11) is 0. The van der Waals surface area contributed by atoms with Gasteiger partial charge in [-0.3, -0.25) is 14.3 Å². The molecule has 7 nitrogen and oxygen atoms in total. The Kier molecular flexibility index (Phi) is 5.87. The van der Waals surface area contributed by atoms with E-state index in [1.165, 1.54) is 22.9 Å². The zero-order chi connectivity index (χ0) is 24.8. The van der Waals surface area contributed by atoms with E-state index in [2.05, 4.69) is 36.3 Å². The lowest BCUT2D eigenvalue weighted by Gasteiger charge is -2.28. The predicted molar refractivity (Wildman–Crippen MR) is 120 cm³/mol. The molecule has 0 aliphatic heterocycles. The van der Waals surface area contributed by atoms with Crippen molar-refractivity contribution in [2.75, 3.05) is 0 Å². The molecule has 0 bridgehead atoms. The molecular formula is C24H26F3N5O2. The summed E-state index contributed by atoms with van der Waals surface area (Å²) in [5, 5.41) is 11.5. The molecule has 180 valence electrons. The minimum Gasteiger partial charge on any atom is -0.344 e. The zero-order valence-electron chi connectivity index (χ0n) is 19.4. The molecule has 4 rings (SSSR count). The molecule has 0 saturated carbocycles. The maximum Gasteiger partial charge on any atom is 0.416 e. The lowest BCUT2D eigenvalue weighted by molar-refractivity contribution is -0.137. The SMILES string of the molecule is Cc1cc(=O)c(C(=O)N[C@H]2CCCc3c2cnn3C(C)(C)C)nn1-c1cccc(C(F)(F)F)c1. The number of hydrogen-bond donors (Lipinski definition) is 1. The van der Waals surface area contributed by atoms with Gasteiger partial charge in [-0.25, -0.2) is 4.68 Å². The van der Waals surface area contributed by atoms with Crippen molar-refractivity contribution in [2.24, 2.45) is 0 Å². The number of carbonyl (C=O) groups is 1. The third-order valence-electron chi connectivity index (χ3n) is 5.86. The van der Waals surface area contributed by atoms with Crippen LogP contribution in [0.4, 0.5) is 13.2 Å². The quantitative estimate of drug-likeness (QED) is 0.614. The molecule has 1 aliphatic rings. The van der Waals surface area contributed by atoms with Crippen molar-refractivity contribution in [1.82, 2.24) is 24.9 Å². The van der Waals surface area contributed by atoms with Crippen LogP contribution >= 0.6 is 0 Å². The number of carbonyl (C=O) groups excluding carboxylic acids is 1. The lowest BCUT2D eigenvalue weighted by atomic mass is 9.92.